The zero-order valence-corrected chi connectivity index (χ0v) is 13.7. The lowest BCUT2D eigenvalue weighted by Gasteiger charge is -2.10. The highest BCUT2D eigenvalue weighted by atomic mass is 32.1. The van der Waals surface area contributed by atoms with Crippen LogP contribution in [0.15, 0.2) is 48.5 Å². The number of hydrogen-bond acceptors (Lipinski definition) is 4. The van der Waals surface area contributed by atoms with Gasteiger partial charge in [0.05, 0.1) is 5.56 Å². The van der Waals surface area contributed by atoms with Gasteiger partial charge < -0.3 is 15.2 Å². The van der Waals surface area contributed by atoms with Gasteiger partial charge in [0.25, 0.3) is 5.91 Å². The highest BCUT2D eigenvalue weighted by Crippen LogP contribution is 2.11. The molecule has 2 aromatic rings. The minimum absolute atomic E-state index is 0.107. The van der Waals surface area contributed by atoms with E-state index in [0.29, 0.717) is 11.4 Å². The molecule has 0 aliphatic carbocycles. The average Bonchev–Trinajstić information content (AvgIpc) is 2.54. The first-order valence-corrected chi connectivity index (χ1v) is 7.48. The van der Waals surface area contributed by atoms with Gasteiger partial charge >= 0.3 is 5.97 Å². The number of hydrogen-bond donors (Lipinski definition) is 3. The third kappa shape index (κ3) is 5.36. The molecule has 1 amide bonds. The van der Waals surface area contributed by atoms with Crippen molar-refractivity contribution in [2.24, 2.45) is 0 Å². The highest BCUT2D eigenvalue weighted by Gasteiger charge is 2.07. The Bertz CT molecular complexity index is 742. The molecule has 7 heteroatoms. The average molecular weight is 344 g/mol. The fourth-order valence-electron chi connectivity index (χ4n) is 1.80. The van der Waals surface area contributed by atoms with Crippen LogP contribution in [0.2, 0.25) is 0 Å². The summed E-state index contributed by atoms with van der Waals surface area (Å²) in [6, 6.07) is 13.3. The Balaban J connectivity index is 1.79. The number of ether oxygens (including phenoxy) is 1. The third-order valence-electron chi connectivity index (χ3n) is 3.03. The largest absolute Gasteiger partial charge is 0.484 e. The number of amides is 1. The van der Waals surface area contributed by atoms with Gasteiger partial charge in [0.2, 0.25) is 0 Å². The molecule has 0 saturated carbocycles. The zero-order valence-electron chi connectivity index (χ0n) is 12.9. The summed E-state index contributed by atoms with van der Waals surface area (Å²) in [5.74, 6) is -0.806. The lowest BCUT2D eigenvalue weighted by molar-refractivity contribution is -0.121. The molecule has 0 spiro atoms. The smallest absolute Gasteiger partial charge is 0.335 e. The van der Waals surface area contributed by atoms with Crippen LogP contribution in [-0.2, 0) is 4.79 Å². The monoisotopic (exact) mass is 344 g/mol. The van der Waals surface area contributed by atoms with E-state index in [-0.39, 0.29) is 17.3 Å². The summed E-state index contributed by atoms with van der Waals surface area (Å²) < 4.78 is 5.35. The number of carboxylic acids is 1. The van der Waals surface area contributed by atoms with E-state index in [1.54, 1.807) is 24.3 Å². The summed E-state index contributed by atoms with van der Waals surface area (Å²) in [5.41, 5.74) is 1.85. The maximum Gasteiger partial charge on any atom is 0.335 e. The second kappa shape index (κ2) is 8.07. The van der Waals surface area contributed by atoms with Gasteiger partial charge in [0, 0.05) is 5.69 Å². The zero-order chi connectivity index (χ0) is 17.5. The van der Waals surface area contributed by atoms with Crippen molar-refractivity contribution >= 4 is 34.9 Å². The summed E-state index contributed by atoms with van der Waals surface area (Å²) >= 11 is 5.03. The van der Waals surface area contributed by atoms with E-state index >= 15 is 0 Å². The van der Waals surface area contributed by atoms with Crippen LogP contribution in [-0.4, -0.2) is 28.7 Å². The Morgan fingerprint density at radius 1 is 1.08 bits per heavy atom. The van der Waals surface area contributed by atoms with Gasteiger partial charge in [-0.25, -0.2) is 4.79 Å². The van der Waals surface area contributed by atoms with E-state index in [2.05, 4.69) is 10.6 Å². The van der Waals surface area contributed by atoms with Crippen LogP contribution >= 0.6 is 12.2 Å². The SMILES string of the molecule is Cc1ccc(OCC(=O)NC(=S)Nc2ccc(C(=O)O)cc2)cc1. The first-order chi connectivity index (χ1) is 11.4. The number of nitrogens with one attached hydrogen (secondary N) is 2. The minimum atomic E-state index is -1.01. The summed E-state index contributed by atoms with van der Waals surface area (Å²) in [6.07, 6.45) is 0. The van der Waals surface area contributed by atoms with Gasteiger partial charge in [-0.1, -0.05) is 17.7 Å². The molecule has 0 radical (unpaired) electrons. The molecule has 0 aromatic heterocycles. The Morgan fingerprint density at radius 3 is 2.29 bits per heavy atom. The predicted molar refractivity (Wildman–Crippen MR) is 94.4 cm³/mol. The fourth-order valence-corrected chi connectivity index (χ4v) is 2.04. The first kappa shape index (κ1) is 17.4. The molecular formula is C17H16N2O4S. The molecule has 124 valence electrons. The molecule has 0 heterocycles. The van der Waals surface area contributed by atoms with E-state index in [4.69, 9.17) is 22.1 Å². The van der Waals surface area contributed by atoms with E-state index in [0.717, 1.165) is 5.56 Å². The Kier molecular flexibility index (Phi) is 5.86. The van der Waals surface area contributed by atoms with Crippen molar-refractivity contribution in [3.05, 3.63) is 59.7 Å². The van der Waals surface area contributed by atoms with Crippen LogP contribution in [0, 0.1) is 6.92 Å². The molecule has 2 aromatic carbocycles. The van der Waals surface area contributed by atoms with Gasteiger partial charge in [-0.15, -0.1) is 0 Å². The number of aryl methyl sites for hydroxylation is 1. The normalized spacial score (nSPS) is 9.88. The number of benzene rings is 2. The fraction of sp³-hybridized carbons (Fsp3) is 0.118. The lowest BCUT2D eigenvalue weighted by Crippen LogP contribution is -2.37. The first-order valence-electron chi connectivity index (χ1n) is 7.08. The molecule has 2 rings (SSSR count). The topological polar surface area (TPSA) is 87.7 Å². The van der Waals surface area contributed by atoms with Crippen LogP contribution in [0.3, 0.4) is 0 Å². The van der Waals surface area contributed by atoms with Crippen molar-refractivity contribution in [2.75, 3.05) is 11.9 Å². The molecule has 6 nitrogen and oxygen atoms in total. The van der Waals surface area contributed by atoms with E-state index in [1.807, 2.05) is 19.1 Å². The Morgan fingerprint density at radius 2 is 1.71 bits per heavy atom. The number of aromatic carboxylic acids is 1. The summed E-state index contributed by atoms with van der Waals surface area (Å²) in [5, 5.41) is 14.2. The number of thiocarbonyl (C=S) groups is 1. The second-order valence-electron chi connectivity index (χ2n) is 4.99. The Hall–Kier alpha value is -2.93. The van der Waals surface area contributed by atoms with E-state index < -0.39 is 11.9 Å². The summed E-state index contributed by atoms with van der Waals surface area (Å²) in [7, 11) is 0. The van der Waals surface area contributed by atoms with Gasteiger partial charge in [-0.05, 0) is 55.5 Å². The summed E-state index contributed by atoms with van der Waals surface area (Å²) in [4.78, 5) is 22.6. The Labute approximate surface area is 144 Å². The van der Waals surface area contributed by atoms with Crippen LogP contribution in [0.4, 0.5) is 5.69 Å². The van der Waals surface area contributed by atoms with E-state index in [1.165, 1.54) is 12.1 Å². The lowest BCUT2D eigenvalue weighted by atomic mass is 10.2. The van der Waals surface area contributed by atoms with Crippen LogP contribution in [0.5, 0.6) is 5.75 Å². The maximum atomic E-state index is 11.8. The van der Waals surface area contributed by atoms with Gasteiger partial charge in [0.15, 0.2) is 11.7 Å². The van der Waals surface area contributed by atoms with Crippen LogP contribution in [0.25, 0.3) is 0 Å². The molecule has 3 N–H and O–H groups in total. The molecule has 0 atom stereocenters. The molecular weight excluding hydrogens is 328 g/mol. The van der Waals surface area contributed by atoms with Crippen molar-refractivity contribution in [1.82, 2.24) is 5.32 Å². The molecule has 0 aliphatic heterocycles. The van der Waals surface area contributed by atoms with E-state index in [9.17, 15) is 9.59 Å². The number of rotatable bonds is 5. The number of anilines is 1. The molecule has 0 aliphatic rings. The maximum absolute atomic E-state index is 11.8. The predicted octanol–water partition coefficient (Wildman–Crippen LogP) is 2.59. The highest BCUT2D eigenvalue weighted by molar-refractivity contribution is 7.80. The van der Waals surface area contributed by atoms with Crippen molar-refractivity contribution in [3.63, 3.8) is 0 Å². The van der Waals surface area contributed by atoms with Crippen molar-refractivity contribution in [2.45, 2.75) is 6.92 Å². The molecule has 0 bridgehead atoms. The van der Waals surface area contributed by atoms with Crippen molar-refractivity contribution in [1.29, 1.82) is 0 Å². The number of carbonyl (C=O) groups excluding carboxylic acids is 1. The quantitative estimate of drug-likeness (QED) is 0.723. The standard InChI is InChI=1S/C17H16N2O4S/c1-11-2-8-14(9-3-11)23-10-15(20)19-17(24)18-13-6-4-12(5-7-13)16(21)22/h2-9H,10H2,1H3,(H,21,22)(H2,18,19,20,24). The minimum Gasteiger partial charge on any atom is -0.484 e. The molecule has 24 heavy (non-hydrogen) atoms. The number of carbonyl (C=O) groups is 2. The molecule has 0 saturated heterocycles. The molecule has 0 fully saturated rings. The second-order valence-corrected chi connectivity index (χ2v) is 5.39. The third-order valence-corrected chi connectivity index (χ3v) is 3.24. The van der Waals surface area contributed by atoms with Gasteiger partial charge in [0.1, 0.15) is 5.75 Å². The molecule has 0 unspecified atom stereocenters. The van der Waals surface area contributed by atoms with Crippen molar-refractivity contribution < 1.29 is 19.4 Å². The van der Waals surface area contributed by atoms with Crippen LogP contribution in [0.1, 0.15) is 15.9 Å². The van der Waals surface area contributed by atoms with Gasteiger partial charge in [-0.2, -0.15) is 0 Å². The summed E-state index contributed by atoms with van der Waals surface area (Å²) in [6.45, 7) is 1.80. The van der Waals surface area contributed by atoms with Crippen LogP contribution < -0.4 is 15.4 Å². The van der Waals surface area contributed by atoms with Crippen molar-refractivity contribution in [3.8, 4) is 5.75 Å². The van der Waals surface area contributed by atoms with Gasteiger partial charge in [-0.3, -0.25) is 10.1 Å². The number of carboxylic acid groups (broad SMARTS) is 1.